The molecule has 1 aromatic heterocycles. The second-order valence-electron chi connectivity index (χ2n) is 5.37. The fraction of sp³-hybridized carbons (Fsp3) is 0.500. The van der Waals surface area contributed by atoms with Gasteiger partial charge in [-0.25, -0.2) is 0 Å². The minimum Gasteiger partial charge on any atom is -0.378 e. The fourth-order valence-electron chi connectivity index (χ4n) is 3.18. The van der Waals surface area contributed by atoms with E-state index in [1.807, 2.05) is 11.3 Å². The fourth-order valence-corrected chi connectivity index (χ4v) is 4.84. The van der Waals surface area contributed by atoms with Gasteiger partial charge >= 0.3 is 0 Å². The molecule has 20 heavy (non-hydrogen) atoms. The summed E-state index contributed by atoms with van der Waals surface area (Å²) in [5.74, 6) is 0.562. The van der Waals surface area contributed by atoms with Crippen LogP contribution in [0.15, 0.2) is 28.1 Å². The van der Waals surface area contributed by atoms with E-state index < -0.39 is 0 Å². The highest BCUT2D eigenvalue weighted by Gasteiger charge is 2.33. The summed E-state index contributed by atoms with van der Waals surface area (Å²) in [7, 11) is 0. The molecule has 0 amide bonds. The molecule has 0 saturated carbocycles. The van der Waals surface area contributed by atoms with Crippen LogP contribution in [0.1, 0.15) is 31.9 Å². The van der Waals surface area contributed by atoms with Crippen LogP contribution in [0, 0.1) is 5.92 Å². The maximum Gasteiger partial charge on any atom is 0.0594 e. The lowest BCUT2D eigenvalue weighted by Crippen LogP contribution is -2.31. The summed E-state index contributed by atoms with van der Waals surface area (Å²) in [6, 6.07) is 6.86. The lowest BCUT2D eigenvalue weighted by molar-refractivity contribution is 0.0958. The maximum absolute atomic E-state index is 5.78. The number of benzene rings is 1. The second-order valence-corrected chi connectivity index (χ2v) is 7.11. The predicted octanol–water partition coefficient (Wildman–Crippen LogP) is 4.74. The van der Waals surface area contributed by atoms with E-state index in [4.69, 9.17) is 4.74 Å². The monoisotopic (exact) mass is 353 g/mol. The van der Waals surface area contributed by atoms with E-state index in [0.717, 1.165) is 19.6 Å². The zero-order valence-electron chi connectivity index (χ0n) is 11.9. The second kappa shape index (κ2) is 6.14. The largest absolute Gasteiger partial charge is 0.378 e. The zero-order chi connectivity index (χ0) is 14.1. The third kappa shape index (κ3) is 2.54. The molecule has 0 bridgehead atoms. The van der Waals surface area contributed by atoms with Crippen molar-refractivity contribution < 1.29 is 4.74 Å². The van der Waals surface area contributed by atoms with Gasteiger partial charge in [0.25, 0.3) is 0 Å². The number of thiophene rings is 1. The van der Waals surface area contributed by atoms with Crippen LogP contribution in [0.4, 0.5) is 0 Å². The normalized spacial score (nSPS) is 24.4. The van der Waals surface area contributed by atoms with Gasteiger partial charge in [0, 0.05) is 27.7 Å². The summed E-state index contributed by atoms with van der Waals surface area (Å²) < 4.78 is 8.32. The van der Waals surface area contributed by atoms with E-state index in [9.17, 15) is 0 Å². The number of nitrogens with one attached hydrogen (secondary N) is 1. The van der Waals surface area contributed by atoms with Crippen LogP contribution in [0.5, 0.6) is 0 Å². The van der Waals surface area contributed by atoms with Crippen LogP contribution >= 0.6 is 27.3 Å². The highest BCUT2D eigenvalue weighted by atomic mass is 79.9. The van der Waals surface area contributed by atoms with Gasteiger partial charge < -0.3 is 10.1 Å². The topological polar surface area (TPSA) is 21.3 Å². The molecule has 4 heteroatoms. The molecule has 108 valence electrons. The quantitative estimate of drug-likeness (QED) is 0.856. The van der Waals surface area contributed by atoms with Crippen LogP contribution in [0.2, 0.25) is 0 Å². The van der Waals surface area contributed by atoms with Gasteiger partial charge in [-0.05, 0) is 58.2 Å². The molecular weight excluding hydrogens is 334 g/mol. The van der Waals surface area contributed by atoms with Gasteiger partial charge in [-0.15, -0.1) is 11.3 Å². The maximum atomic E-state index is 5.78. The summed E-state index contributed by atoms with van der Waals surface area (Å²) in [6.07, 6.45) is 1.48. The van der Waals surface area contributed by atoms with E-state index in [1.54, 1.807) is 0 Å². The number of hydrogen-bond acceptors (Lipinski definition) is 3. The van der Waals surface area contributed by atoms with Crippen LogP contribution in [0.3, 0.4) is 0 Å². The zero-order valence-corrected chi connectivity index (χ0v) is 14.3. The Hall–Kier alpha value is -0.420. The molecule has 1 aliphatic heterocycles. The average molecular weight is 354 g/mol. The van der Waals surface area contributed by atoms with Crippen molar-refractivity contribution in [1.29, 1.82) is 0 Å². The van der Waals surface area contributed by atoms with Crippen molar-refractivity contribution in [1.82, 2.24) is 5.32 Å². The Kier molecular flexibility index (Phi) is 4.46. The molecule has 1 saturated heterocycles. The molecule has 3 atom stereocenters. The average Bonchev–Trinajstić information content (AvgIpc) is 3.04. The Labute approximate surface area is 132 Å². The first-order chi connectivity index (χ1) is 9.72. The first kappa shape index (κ1) is 14.5. The summed E-state index contributed by atoms with van der Waals surface area (Å²) in [4.78, 5) is 0. The Bertz CT molecular complexity index is 597. The molecule has 2 heterocycles. The Morgan fingerprint density at radius 1 is 1.50 bits per heavy atom. The number of fused-ring (bicyclic) bond motifs is 1. The molecular formula is C16H20BrNOS. The number of halogens is 1. The molecule has 0 spiro atoms. The molecule has 3 unspecified atom stereocenters. The molecule has 1 aromatic carbocycles. The van der Waals surface area contributed by atoms with Crippen molar-refractivity contribution in [3.05, 3.63) is 33.6 Å². The summed E-state index contributed by atoms with van der Waals surface area (Å²) in [6.45, 7) is 6.25. The van der Waals surface area contributed by atoms with Gasteiger partial charge in [0.1, 0.15) is 0 Å². The van der Waals surface area contributed by atoms with Gasteiger partial charge in [0.2, 0.25) is 0 Å². The molecule has 2 nitrogen and oxygen atoms in total. The summed E-state index contributed by atoms with van der Waals surface area (Å²) in [5.41, 5.74) is 1.43. The van der Waals surface area contributed by atoms with E-state index in [2.05, 4.69) is 58.7 Å². The van der Waals surface area contributed by atoms with Crippen molar-refractivity contribution in [3.63, 3.8) is 0 Å². The molecule has 1 aliphatic rings. The first-order valence-electron chi connectivity index (χ1n) is 7.23. The van der Waals surface area contributed by atoms with E-state index >= 15 is 0 Å². The van der Waals surface area contributed by atoms with Crippen molar-refractivity contribution >= 4 is 37.4 Å². The van der Waals surface area contributed by atoms with Gasteiger partial charge in [-0.3, -0.25) is 0 Å². The van der Waals surface area contributed by atoms with Gasteiger partial charge in [0.15, 0.2) is 0 Å². The van der Waals surface area contributed by atoms with Gasteiger partial charge in [-0.2, -0.15) is 0 Å². The van der Waals surface area contributed by atoms with Crippen molar-refractivity contribution in [3.8, 4) is 0 Å². The number of rotatable bonds is 4. The van der Waals surface area contributed by atoms with Crippen molar-refractivity contribution in [2.45, 2.75) is 32.4 Å². The SMILES string of the molecule is CCNC(c1csc2c(Br)cccc12)C1CCOC1C. The highest BCUT2D eigenvalue weighted by Crippen LogP contribution is 2.40. The minimum absolute atomic E-state index is 0.334. The van der Waals surface area contributed by atoms with Crippen molar-refractivity contribution in [2.24, 2.45) is 5.92 Å². The van der Waals surface area contributed by atoms with Gasteiger partial charge in [-0.1, -0.05) is 19.1 Å². The lowest BCUT2D eigenvalue weighted by Gasteiger charge is -2.26. The van der Waals surface area contributed by atoms with Crippen LogP contribution in [-0.4, -0.2) is 19.3 Å². The first-order valence-corrected chi connectivity index (χ1v) is 8.90. The predicted molar refractivity (Wildman–Crippen MR) is 89.5 cm³/mol. The molecule has 2 aromatic rings. The molecule has 1 N–H and O–H groups in total. The standard InChI is InChI=1S/C16H20BrNOS/c1-3-18-15(11-7-8-19-10(11)2)13-9-20-16-12(13)5-4-6-14(16)17/h4-6,9-11,15,18H,3,7-8H2,1-2H3. The number of hydrogen-bond donors (Lipinski definition) is 1. The Morgan fingerprint density at radius 3 is 3.05 bits per heavy atom. The summed E-state index contributed by atoms with van der Waals surface area (Å²) in [5, 5.41) is 7.36. The van der Waals surface area contributed by atoms with Crippen LogP contribution < -0.4 is 5.32 Å². The smallest absolute Gasteiger partial charge is 0.0594 e. The molecule has 0 radical (unpaired) electrons. The van der Waals surface area contributed by atoms with E-state index in [-0.39, 0.29) is 0 Å². The van der Waals surface area contributed by atoms with Crippen molar-refractivity contribution in [2.75, 3.05) is 13.2 Å². The molecule has 0 aliphatic carbocycles. The van der Waals surface area contributed by atoms with Crippen LogP contribution in [-0.2, 0) is 4.74 Å². The number of ether oxygens (including phenoxy) is 1. The third-order valence-corrected chi connectivity index (χ3v) is 6.17. The molecule has 1 fully saturated rings. The summed E-state index contributed by atoms with van der Waals surface area (Å²) >= 11 is 5.49. The van der Waals surface area contributed by atoms with Gasteiger partial charge in [0.05, 0.1) is 6.10 Å². The molecule has 3 rings (SSSR count). The van der Waals surface area contributed by atoms with E-state index in [0.29, 0.717) is 18.1 Å². The highest BCUT2D eigenvalue weighted by molar-refractivity contribution is 9.10. The van der Waals surface area contributed by atoms with E-state index in [1.165, 1.54) is 20.1 Å². The minimum atomic E-state index is 0.334. The Balaban J connectivity index is 2.03. The third-order valence-electron chi connectivity index (χ3n) is 4.20. The Morgan fingerprint density at radius 2 is 2.35 bits per heavy atom. The van der Waals surface area contributed by atoms with Crippen LogP contribution in [0.25, 0.3) is 10.1 Å². The lowest BCUT2D eigenvalue weighted by atomic mass is 9.88.